The Bertz CT molecular complexity index is 743. The van der Waals surface area contributed by atoms with Gasteiger partial charge in [-0.25, -0.2) is 0 Å². The Balaban J connectivity index is 1.54. The summed E-state index contributed by atoms with van der Waals surface area (Å²) in [5, 5.41) is 20.8. The second kappa shape index (κ2) is 10.3. The van der Waals surface area contributed by atoms with E-state index in [0.717, 1.165) is 49.7 Å². The summed E-state index contributed by atoms with van der Waals surface area (Å²) in [6.45, 7) is 5.23. The van der Waals surface area contributed by atoms with Crippen LogP contribution in [-0.4, -0.2) is 50.4 Å². The first-order valence-corrected chi connectivity index (χ1v) is 10.7. The van der Waals surface area contributed by atoms with Crippen LogP contribution in [0.25, 0.3) is 0 Å². The quantitative estimate of drug-likeness (QED) is 0.491. The molecule has 2 aromatic rings. The second-order valence-corrected chi connectivity index (χ2v) is 7.80. The molecule has 1 atom stereocenters. The second-order valence-electron chi connectivity index (χ2n) is 6.87. The lowest BCUT2D eigenvalue weighted by molar-refractivity contribution is 0.186. The van der Waals surface area contributed by atoms with Gasteiger partial charge >= 0.3 is 0 Å². The number of aliphatic hydroxyl groups is 1. The van der Waals surface area contributed by atoms with Gasteiger partial charge in [-0.05, 0) is 55.0 Å². The topological polar surface area (TPSA) is 69.1 Å². The predicted molar refractivity (Wildman–Crippen MR) is 117 cm³/mol. The summed E-state index contributed by atoms with van der Waals surface area (Å²) in [5.74, 6) is 1.50. The van der Waals surface area contributed by atoms with Crippen LogP contribution in [0.15, 0.2) is 46.8 Å². The molecule has 0 aliphatic carbocycles. The Morgan fingerprint density at radius 2 is 2.14 bits per heavy atom. The van der Waals surface area contributed by atoms with Crippen LogP contribution < -0.4 is 20.3 Å². The van der Waals surface area contributed by atoms with Crippen LogP contribution in [0.3, 0.4) is 0 Å². The number of hydrogen-bond donors (Lipinski definition) is 3. The summed E-state index contributed by atoms with van der Waals surface area (Å²) in [7, 11) is 1.63. The highest BCUT2D eigenvalue weighted by molar-refractivity contribution is 7.14. The van der Waals surface area contributed by atoms with Gasteiger partial charge in [-0.2, -0.15) is 0 Å². The summed E-state index contributed by atoms with van der Waals surface area (Å²) in [6.07, 6.45) is 1.48. The number of ether oxygens (including phenoxy) is 1. The van der Waals surface area contributed by atoms with E-state index in [1.165, 1.54) is 5.00 Å². The number of nitrogens with one attached hydrogen (secondary N) is 2. The lowest BCUT2D eigenvalue weighted by Gasteiger charge is -2.33. The van der Waals surface area contributed by atoms with Crippen molar-refractivity contribution < 1.29 is 9.84 Å². The molecule has 1 saturated heterocycles. The van der Waals surface area contributed by atoms with Crippen LogP contribution in [0.1, 0.15) is 31.4 Å². The zero-order valence-corrected chi connectivity index (χ0v) is 17.4. The highest BCUT2D eigenvalue weighted by atomic mass is 32.1. The molecule has 1 fully saturated rings. The third-order valence-electron chi connectivity index (χ3n) is 4.90. The van der Waals surface area contributed by atoms with E-state index in [1.54, 1.807) is 18.4 Å². The lowest BCUT2D eigenvalue weighted by Crippen LogP contribution is -2.48. The number of piperidine rings is 1. The van der Waals surface area contributed by atoms with Gasteiger partial charge in [-0.1, -0.05) is 12.1 Å². The fourth-order valence-electron chi connectivity index (χ4n) is 3.34. The van der Waals surface area contributed by atoms with Gasteiger partial charge in [0.1, 0.15) is 5.75 Å². The minimum Gasteiger partial charge on any atom is -0.497 e. The van der Waals surface area contributed by atoms with Crippen molar-refractivity contribution >= 4 is 22.3 Å². The van der Waals surface area contributed by atoms with Gasteiger partial charge in [0.25, 0.3) is 0 Å². The molecule has 0 bridgehead atoms. The molecule has 152 valence electrons. The number of guanidine groups is 1. The minimum atomic E-state index is -0.661. The third-order valence-corrected chi connectivity index (χ3v) is 5.83. The van der Waals surface area contributed by atoms with Gasteiger partial charge in [-0.3, -0.25) is 4.99 Å². The summed E-state index contributed by atoms with van der Waals surface area (Å²) in [4.78, 5) is 7.04. The molecule has 1 aromatic heterocycles. The van der Waals surface area contributed by atoms with Crippen molar-refractivity contribution in [3.8, 4) is 5.75 Å². The van der Waals surface area contributed by atoms with Crippen molar-refractivity contribution in [3.05, 3.63) is 47.3 Å². The maximum absolute atomic E-state index is 10.5. The smallest absolute Gasteiger partial charge is 0.191 e. The number of benzene rings is 1. The zero-order valence-electron chi connectivity index (χ0n) is 16.6. The fraction of sp³-hybridized carbons (Fsp3) is 0.476. The van der Waals surface area contributed by atoms with E-state index >= 15 is 0 Å². The Morgan fingerprint density at radius 3 is 2.82 bits per heavy atom. The van der Waals surface area contributed by atoms with E-state index in [-0.39, 0.29) is 0 Å². The molecule has 1 aliphatic heterocycles. The number of aliphatic hydroxyl groups excluding tert-OH is 1. The van der Waals surface area contributed by atoms with E-state index in [2.05, 4.69) is 45.0 Å². The highest BCUT2D eigenvalue weighted by Crippen LogP contribution is 2.25. The molecule has 1 aliphatic rings. The Kier molecular flexibility index (Phi) is 7.56. The molecule has 28 heavy (non-hydrogen) atoms. The molecule has 7 heteroatoms. The molecule has 1 unspecified atom stereocenters. The largest absolute Gasteiger partial charge is 0.497 e. The van der Waals surface area contributed by atoms with Gasteiger partial charge in [0.05, 0.1) is 24.8 Å². The maximum Gasteiger partial charge on any atom is 0.191 e. The van der Waals surface area contributed by atoms with Crippen LogP contribution >= 0.6 is 11.3 Å². The van der Waals surface area contributed by atoms with E-state index in [9.17, 15) is 5.11 Å². The first-order valence-electron chi connectivity index (χ1n) is 9.85. The van der Waals surface area contributed by atoms with Crippen LogP contribution in [0, 0.1) is 0 Å². The number of thiophene rings is 1. The number of anilines is 1. The normalized spacial score (nSPS) is 16.7. The molecule has 0 amide bonds. The summed E-state index contributed by atoms with van der Waals surface area (Å²) in [5.41, 5.74) is 0.809. The first-order chi connectivity index (χ1) is 13.7. The average Bonchev–Trinajstić information content (AvgIpc) is 3.27. The first kappa shape index (κ1) is 20.5. The Labute approximate surface area is 171 Å². The third kappa shape index (κ3) is 5.62. The van der Waals surface area contributed by atoms with Crippen LogP contribution in [0.2, 0.25) is 0 Å². The summed E-state index contributed by atoms with van der Waals surface area (Å²) >= 11 is 1.80. The number of hydrogen-bond acceptors (Lipinski definition) is 5. The predicted octanol–water partition coefficient (Wildman–Crippen LogP) is 3.01. The standard InChI is InChI=1S/C21H30N4O2S/c1-3-22-21(23-15-19(26)16-6-4-7-18(14-16)27-2)24-17-9-11-25(12-10-17)20-8-5-13-28-20/h4-8,13-14,17,19,26H,3,9-12,15H2,1-2H3,(H2,22,23,24). The molecule has 3 rings (SSSR count). The van der Waals surface area contributed by atoms with Crippen molar-refractivity contribution in [2.24, 2.45) is 4.99 Å². The van der Waals surface area contributed by atoms with E-state index in [1.807, 2.05) is 24.3 Å². The number of nitrogens with zero attached hydrogens (tertiary/aromatic N) is 2. The van der Waals surface area contributed by atoms with Gasteiger partial charge < -0.3 is 25.4 Å². The van der Waals surface area contributed by atoms with Crippen LogP contribution in [0.5, 0.6) is 5.75 Å². The summed E-state index contributed by atoms with van der Waals surface area (Å²) < 4.78 is 5.23. The van der Waals surface area contributed by atoms with Gasteiger partial charge in [0.15, 0.2) is 5.96 Å². The van der Waals surface area contributed by atoms with Crippen molar-refractivity contribution in [1.82, 2.24) is 10.6 Å². The van der Waals surface area contributed by atoms with Crippen molar-refractivity contribution in [2.75, 3.05) is 38.2 Å². The van der Waals surface area contributed by atoms with Gasteiger partial charge in [0.2, 0.25) is 0 Å². The van der Waals surface area contributed by atoms with E-state index in [0.29, 0.717) is 12.6 Å². The van der Waals surface area contributed by atoms with Gasteiger partial charge in [-0.15, -0.1) is 11.3 Å². The Hall–Kier alpha value is -2.25. The van der Waals surface area contributed by atoms with E-state index < -0.39 is 6.10 Å². The summed E-state index contributed by atoms with van der Waals surface area (Å²) in [6, 6.07) is 12.2. The maximum atomic E-state index is 10.5. The molecule has 2 heterocycles. The van der Waals surface area contributed by atoms with Crippen LogP contribution in [0.4, 0.5) is 5.00 Å². The molecule has 3 N–H and O–H groups in total. The molecule has 0 radical (unpaired) electrons. The number of methoxy groups -OCH3 is 1. The van der Waals surface area contributed by atoms with Crippen molar-refractivity contribution in [3.63, 3.8) is 0 Å². The monoisotopic (exact) mass is 402 g/mol. The molecular weight excluding hydrogens is 372 g/mol. The Morgan fingerprint density at radius 1 is 1.32 bits per heavy atom. The lowest BCUT2D eigenvalue weighted by atomic mass is 10.1. The SMILES string of the molecule is CCNC(=NCC(O)c1cccc(OC)c1)NC1CCN(c2cccs2)CC1. The van der Waals surface area contributed by atoms with Crippen molar-refractivity contribution in [2.45, 2.75) is 31.9 Å². The molecular formula is C21H30N4O2S. The zero-order chi connectivity index (χ0) is 19.8. The molecule has 1 aromatic carbocycles. The van der Waals surface area contributed by atoms with Crippen LogP contribution in [-0.2, 0) is 0 Å². The minimum absolute atomic E-state index is 0.302. The van der Waals surface area contributed by atoms with E-state index in [4.69, 9.17) is 4.74 Å². The molecule has 0 saturated carbocycles. The van der Waals surface area contributed by atoms with Gasteiger partial charge in [0, 0.05) is 25.7 Å². The number of rotatable bonds is 7. The number of aliphatic imine (C=N–C) groups is 1. The average molecular weight is 403 g/mol. The molecule has 0 spiro atoms. The highest BCUT2D eigenvalue weighted by Gasteiger charge is 2.20. The fourth-order valence-corrected chi connectivity index (χ4v) is 4.12. The molecule has 6 nitrogen and oxygen atoms in total. The van der Waals surface area contributed by atoms with Crippen molar-refractivity contribution in [1.29, 1.82) is 0 Å².